The van der Waals surface area contributed by atoms with Gasteiger partial charge in [0.2, 0.25) is 11.9 Å². The second-order valence-corrected chi connectivity index (χ2v) is 4.77. The van der Waals surface area contributed by atoms with Crippen LogP contribution in [0.25, 0.3) is 0 Å². The highest BCUT2D eigenvalue weighted by molar-refractivity contribution is 5.94. The summed E-state index contributed by atoms with van der Waals surface area (Å²) in [5.74, 6) is -0.342. The molecule has 2 rings (SSSR count). The highest BCUT2D eigenvalue weighted by Crippen LogP contribution is 2.18. The van der Waals surface area contributed by atoms with Gasteiger partial charge in [-0.1, -0.05) is 36.4 Å². The molecule has 23 heavy (non-hydrogen) atoms. The summed E-state index contributed by atoms with van der Waals surface area (Å²) in [6.07, 6.45) is 0.296. The minimum Gasteiger partial charge on any atom is -0.370 e. The fourth-order valence-corrected chi connectivity index (χ4v) is 1.93. The van der Waals surface area contributed by atoms with Crippen LogP contribution in [0.5, 0.6) is 0 Å². The van der Waals surface area contributed by atoms with Crippen LogP contribution in [0.3, 0.4) is 0 Å². The number of hydrogen-bond donors (Lipinski definition) is 4. The zero-order valence-corrected chi connectivity index (χ0v) is 12.4. The lowest BCUT2D eigenvalue weighted by Gasteiger charge is -2.06. The van der Waals surface area contributed by atoms with Crippen LogP contribution < -0.4 is 22.5 Å². The molecule has 0 fully saturated rings. The molecule has 2 aromatic carbocycles. The molecule has 0 unspecified atom stereocenters. The topological polar surface area (TPSA) is 132 Å². The Morgan fingerprint density at radius 3 is 2.43 bits per heavy atom. The molecule has 0 aromatic heterocycles. The highest BCUT2D eigenvalue weighted by Gasteiger charge is 2.04. The molecule has 0 saturated heterocycles. The van der Waals surface area contributed by atoms with Crippen molar-refractivity contribution in [3.05, 3.63) is 60.2 Å². The molecule has 0 aliphatic carbocycles. The second-order valence-electron chi connectivity index (χ2n) is 4.77. The molecule has 7 nitrogen and oxygen atoms in total. The molecule has 0 spiro atoms. The minimum atomic E-state index is -0.168. The maximum atomic E-state index is 12.0. The molecule has 2 aromatic rings. The summed E-state index contributed by atoms with van der Waals surface area (Å²) in [5.41, 5.74) is 18.1. The van der Waals surface area contributed by atoms with Gasteiger partial charge in [0.1, 0.15) is 0 Å². The van der Waals surface area contributed by atoms with Crippen molar-refractivity contribution in [2.45, 2.75) is 6.42 Å². The first-order valence-corrected chi connectivity index (χ1v) is 6.90. The number of rotatable bonds is 4. The number of carbonyl (C=O) groups excluding carboxylic acids is 1. The molecule has 7 heteroatoms. The van der Waals surface area contributed by atoms with Gasteiger partial charge >= 0.3 is 0 Å². The van der Waals surface area contributed by atoms with Gasteiger partial charge in [-0.2, -0.15) is 4.99 Å². The first-order valence-electron chi connectivity index (χ1n) is 6.90. The minimum absolute atomic E-state index is 0.0576. The van der Waals surface area contributed by atoms with E-state index in [0.717, 1.165) is 5.56 Å². The van der Waals surface area contributed by atoms with E-state index in [2.05, 4.69) is 15.3 Å². The molecule has 0 atom stereocenters. The summed E-state index contributed by atoms with van der Waals surface area (Å²) in [4.78, 5) is 19.7. The number of anilines is 1. The lowest BCUT2D eigenvalue weighted by Crippen LogP contribution is -2.26. The normalized spacial score (nSPS) is 10.9. The lowest BCUT2D eigenvalue weighted by molar-refractivity contribution is -0.115. The number of aliphatic imine (C=N–C) groups is 2. The van der Waals surface area contributed by atoms with Crippen molar-refractivity contribution < 1.29 is 4.79 Å². The maximum absolute atomic E-state index is 12.0. The molecule has 1 amide bonds. The Morgan fingerprint density at radius 1 is 1.00 bits per heavy atom. The first-order chi connectivity index (χ1) is 11.0. The zero-order valence-electron chi connectivity index (χ0n) is 12.4. The van der Waals surface area contributed by atoms with Gasteiger partial charge in [-0.05, 0) is 23.8 Å². The van der Waals surface area contributed by atoms with Crippen molar-refractivity contribution >= 4 is 29.2 Å². The van der Waals surface area contributed by atoms with Gasteiger partial charge in [-0.3, -0.25) is 4.79 Å². The highest BCUT2D eigenvalue weighted by atomic mass is 16.1. The van der Waals surface area contributed by atoms with E-state index in [4.69, 9.17) is 17.2 Å². The monoisotopic (exact) mass is 310 g/mol. The number of nitrogens with two attached hydrogens (primary N) is 3. The summed E-state index contributed by atoms with van der Waals surface area (Å²) < 4.78 is 0. The number of hydrogen-bond acceptors (Lipinski definition) is 2. The summed E-state index contributed by atoms with van der Waals surface area (Å²) >= 11 is 0. The van der Waals surface area contributed by atoms with Crippen LogP contribution >= 0.6 is 0 Å². The third-order valence-corrected chi connectivity index (χ3v) is 2.82. The van der Waals surface area contributed by atoms with E-state index in [1.807, 2.05) is 30.3 Å². The Morgan fingerprint density at radius 2 is 1.74 bits per heavy atom. The van der Waals surface area contributed by atoms with Gasteiger partial charge in [0.25, 0.3) is 0 Å². The van der Waals surface area contributed by atoms with E-state index in [0.29, 0.717) is 17.8 Å². The zero-order chi connectivity index (χ0) is 16.7. The third-order valence-electron chi connectivity index (χ3n) is 2.82. The summed E-state index contributed by atoms with van der Waals surface area (Å²) in [5, 5.41) is 2.81. The largest absolute Gasteiger partial charge is 0.370 e. The molecule has 0 radical (unpaired) electrons. The van der Waals surface area contributed by atoms with Gasteiger partial charge in [0.15, 0.2) is 5.96 Å². The van der Waals surface area contributed by atoms with Gasteiger partial charge in [0, 0.05) is 5.69 Å². The van der Waals surface area contributed by atoms with Crippen LogP contribution in [0.2, 0.25) is 0 Å². The number of benzene rings is 2. The molecule has 0 aliphatic rings. The smallest absolute Gasteiger partial charge is 0.228 e. The van der Waals surface area contributed by atoms with E-state index in [1.54, 1.807) is 24.3 Å². The Bertz CT molecular complexity index is 735. The van der Waals surface area contributed by atoms with Crippen LogP contribution in [0.15, 0.2) is 64.6 Å². The van der Waals surface area contributed by atoms with E-state index < -0.39 is 0 Å². The molecular formula is C16H18N6O. The SMILES string of the molecule is NC(N)=NC(N)=Nc1cccc(NC(=O)Cc2ccccc2)c1. The van der Waals surface area contributed by atoms with Crippen molar-refractivity contribution in [1.29, 1.82) is 0 Å². The number of nitrogens with one attached hydrogen (secondary N) is 1. The van der Waals surface area contributed by atoms with Crippen LogP contribution in [0.4, 0.5) is 11.4 Å². The van der Waals surface area contributed by atoms with Gasteiger partial charge < -0.3 is 22.5 Å². The lowest BCUT2D eigenvalue weighted by atomic mass is 10.1. The molecule has 0 aliphatic heterocycles. The fraction of sp³-hybridized carbons (Fsp3) is 0.0625. The average molecular weight is 310 g/mol. The van der Waals surface area contributed by atoms with Crippen molar-refractivity contribution in [3.63, 3.8) is 0 Å². The molecule has 7 N–H and O–H groups in total. The van der Waals surface area contributed by atoms with Crippen molar-refractivity contribution in [3.8, 4) is 0 Å². The Hall–Kier alpha value is -3.35. The molecular weight excluding hydrogens is 292 g/mol. The Kier molecular flexibility index (Phi) is 5.30. The van der Waals surface area contributed by atoms with E-state index in [1.165, 1.54) is 0 Å². The van der Waals surface area contributed by atoms with Crippen molar-refractivity contribution in [2.24, 2.45) is 27.2 Å². The van der Waals surface area contributed by atoms with Crippen LogP contribution in [0, 0.1) is 0 Å². The standard InChI is InChI=1S/C16H18N6O/c17-15(18)22-16(19)21-13-8-4-7-12(10-13)20-14(23)9-11-5-2-1-3-6-11/h1-8,10H,9H2,(H,20,23)(H6,17,18,19,21,22). The first kappa shape index (κ1) is 16.0. The van der Waals surface area contributed by atoms with E-state index >= 15 is 0 Å². The summed E-state index contributed by atoms with van der Waals surface area (Å²) in [6.45, 7) is 0. The second kappa shape index (κ2) is 7.60. The van der Waals surface area contributed by atoms with Crippen LogP contribution in [-0.2, 0) is 11.2 Å². The predicted molar refractivity (Wildman–Crippen MR) is 92.3 cm³/mol. The van der Waals surface area contributed by atoms with Gasteiger partial charge in [-0.15, -0.1) is 0 Å². The van der Waals surface area contributed by atoms with E-state index in [9.17, 15) is 4.79 Å². The summed E-state index contributed by atoms with van der Waals surface area (Å²) in [6, 6.07) is 16.4. The van der Waals surface area contributed by atoms with Crippen LogP contribution in [0.1, 0.15) is 5.56 Å². The molecule has 0 heterocycles. The maximum Gasteiger partial charge on any atom is 0.228 e. The van der Waals surface area contributed by atoms with Gasteiger partial charge in [-0.25, -0.2) is 4.99 Å². The Balaban J connectivity index is 2.05. The van der Waals surface area contributed by atoms with Crippen molar-refractivity contribution in [2.75, 3.05) is 5.32 Å². The molecule has 0 saturated carbocycles. The summed E-state index contributed by atoms with van der Waals surface area (Å²) in [7, 11) is 0. The number of nitrogens with zero attached hydrogens (tertiary/aromatic N) is 2. The third kappa shape index (κ3) is 5.50. The van der Waals surface area contributed by atoms with Crippen molar-refractivity contribution in [1.82, 2.24) is 0 Å². The molecule has 0 bridgehead atoms. The fourth-order valence-electron chi connectivity index (χ4n) is 1.93. The van der Waals surface area contributed by atoms with Crippen LogP contribution in [-0.4, -0.2) is 17.8 Å². The van der Waals surface area contributed by atoms with Gasteiger partial charge in [0.05, 0.1) is 12.1 Å². The predicted octanol–water partition coefficient (Wildman–Crippen LogP) is 1.09. The molecule has 118 valence electrons. The van der Waals surface area contributed by atoms with E-state index in [-0.39, 0.29) is 17.8 Å². The number of carbonyl (C=O) groups is 1. The number of guanidine groups is 2. The average Bonchev–Trinajstić information content (AvgIpc) is 2.47. The Labute approximate surface area is 133 Å². The quantitative estimate of drug-likeness (QED) is 0.497. The number of amides is 1.